The fourth-order valence-electron chi connectivity index (χ4n) is 4.25. The first-order valence-electron chi connectivity index (χ1n) is 11.3. The molecule has 4 aromatic rings. The fourth-order valence-corrected chi connectivity index (χ4v) is 4.44. The van der Waals surface area contributed by atoms with Gasteiger partial charge in [-0.15, -0.1) is 0 Å². The van der Waals surface area contributed by atoms with Crippen molar-refractivity contribution in [2.45, 2.75) is 12.2 Å². The summed E-state index contributed by atoms with van der Waals surface area (Å²) in [6.07, 6.45) is -0.678. The molecule has 12 heteroatoms. The first-order valence-corrected chi connectivity index (χ1v) is 11.7. The van der Waals surface area contributed by atoms with Crippen LogP contribution in [0.1, 0.15) is 32.4 Å². The summed E-state index contributed by atoms with van der Waals surface area (Å²) in [6, 6.07) is 11.4. The molecule has 2 aromatic carbocycles. The highest BCUT2D eigenvalue weighted by Crippen LogP contribution is 2.30. The van der Waals surface area contributed by atoms with Gasteiger partial charge in [0, 0.05) is 17.8 Å². The highest BCUT2D eigenvalue weighted by atomic mass is 35.5. The molecule has 2 aromatic heterocycles. The molecule has 2 atom stereocenters. The molecule has 0 bridgehead atoms. The molecule has 5 rings (SSSR count). The minimum absolute atomic E-state index is 0.0872. The number of H-pyrrole nitrogens is 2. The zero-order valence-corrected chi connectivity index (χ0v) is 20.0. The van der Waals surface area contributed by atoms with E-state index in [2.05, 4.69) is 20.3 Å². The van der Waals surface area contributed by atoms with Crippen molar-refractivity contribution < 1.29 is 24.9 Å². The Balaban J connectivity index is 1.45. The summed E-state index contributed by atoms with van der Waals surface area (Å²) < 4.78 is 0. The van der Waals surface area contributed by atoms with Crippen molar-refractivity contribution >= 4 is 40.1 Å². The van der Waals surface area contributed by atoms with Gasteiger partial charge in [-0.2, -0.15) is 0 Å². The number of pyridine rings is 1. The summed E-state index contributed by atoms with van der Waals surface area (Å²) in [7, 11) is 0. The number of anilines is 1. The molecule has 2 amide bonds. The Labute approximate surface area is 214 Å². The molecule has 1 aliphatic rings. The normalized spacial score (nSPS) is 14.8. The highest BCUT2D eigenvalue weighted by molar-refractivity contribution is 6.30. The second-order valence-electron chi connectivity index (χ2n) is 8.60. The molecule has 11 nitrogen and oxygen atoms in total. The Morgan fingerprint density at radius 2 is 1.81 bits per heavy atom. The molecule has 37 heavy (non-hydrogen) atoms. The van der Waals surface area contributed by atoms with Crippen molar-refractivity contribution in [3.8, 4) is 11.4 Å². The number of hydrogen-bond acceptors (Lipinski definition) is 8. The van der Waals surface area contributed by atoms with Gasteiger partial charge < -0.3 is 30.6 Å². The number of carbonyl (C=O) groups excluding carboxylic acids is 2. The van der Waals surface area contributed by atoms with E-state index in [1.807, 2.05) is 0 Å². The van der Waals surface area contributed by atoms with Gasteiger partial charge in [0.1, 0.15) is 11.4 Å². The topological polar surface area (TPSA) is 172 Å². The minimum atomic E-state index is -1.25. The maximum atomic E-state index is 12.8. The van der Waals surface area contributed by atoms with Crippen molar-refractivity contribution in [2.75, 3.05) is 25.0 Å². The van der Waals surface area contributed by atoms with E-state index >= 15 is 0 Å². The van der Waals surface area contributed by atoms with Crippen LogP contribution in [-0.4, -0.2) is 72.8 Å². The molecule has 0 fully saturated rings. The first kappa shape index (κ1) is 24.7. The van der Waals surface area contributed by atoms with Crippen molar-refractivity contribution in [1.29, 1.82) is 0 Å². The maximum Gasteiger partial charge on any atom is 0.261 e. The van der Waals surface area contributed by atoms with Gasteiger partial charge in [-0.1, -0.05) is 23.7 Å². The zero-order chi connectivity index (χ0) is 26.3. The third-order valence-electron chi connectivity index (χ3n) is 6.09. The molecule has 0 radical (unpaired) electrons. The van der Waals surface area contributed by atoms with Gasteiger partial charge in [0.15, 0.2) is 0 Å². The number of aliphatic hydroxyl groups is 3. The number of amides is 2. The Morgan fingerprint density at radius 3 is 2.54 bits per heavy atom. The van der Waals surface area contributed by atoms with Crippen LogP contribution in [0.25, 0.3) is 22.4 Å². The Morgan fingerprint density at radius 1 is 1.05 bits per heavy atom. The summed E-state index contributed by atoms with van der Waals surface area (Å²) in [5.41, 5.74) is 1.79. The summed E-state index contributed by atoms with van der Waals surface area (Å²) in [6.45, 7) is -0.827. The number of halogens is 1. The SMILES string of the molecule is O=C1c2cc3nc(-c4c(NC[C@@H](O)c5cccc(Cl)c5)cc[nH]c4=O)[nH]c3cc2C(=O)N1CC(O)CO. The van der Waals surface area contributed by atoms with Crippen LogP contribution in [0.2, 0.25) is 5.02 Å². The van der Waals surface area contributed by atoms with Crippen LogP contribution >= 0.6 is 11.6 Å². The van der Waals surface area contributed by atoms with E-state index in [0.717, 1.165) is 4.90 Å². The molecule has 6 N–H and O–H groups in total. The molecular formula is C25H22ClN5O6. The second kappa shape index (κ2) is 9.79. The molecule has 3 heterocycles. The van der Waals surface area contributed by atoms with Crippen LogP contribution in [0, 0.1) is 0 Å². The maximum absolute atomic E-state index is 12.8. The van der Waals surface area contributed by atoms with Crippen LogP contribution in [0.4, 0.5) is 5.69 Å². The van der Waals surface area contributed by atoms with Crippen molar-refractivity contribution in [1.82, 2.24) is 19.9 Å². The molecule has 0 aliphatic carbocycles. The molecular weight excluding hydrogens is 502 g/mol. The van der Waals surface area contributed by atoms with Gasteiger partial charge in [-0.25, -0.2) is 4.98 Å². The van der Waals surface area contributed by atoms with E-state index in [9.17, 15) is 24.6 Å². The van der Waals surface area contributed by atoms with Gasteiger partial charge in [0.25, 0.3) is 17.4 Å². The number of aliphatic hydroxyl groups excluding tert-OH is 3. The van der Waals surface area contributed by atoms with Crippen molar-refractivity contribution in [3.63, 3.8) is 0 Å². The summed E-state index contributed by atoms with van der Waals surface area (Å²) in [5.74, 6) is -0.998. The monoisotopic (exact) mass is 523 g/mol. The lowest BCUT2D eigenvalue weighted by atomic mass is 10.1. The van der Waals surface area contributed by atoms with Crippen LogP contribution in [0.3, 0.4) is 0 Å². The Kier molecular flexibility index (Phi) is 6.52. The quantitative estimate of drug-likeness (QED) is 0.189. The predicted molar refractivity (Wildman–Crippen MR) is 136 cm³/mol. The number of imidazole rings is 1. The minimum Gasteiger partial charge on any atom is -0.394 e. The van der Waals surface area contributed by atoms with Gasteiger partial charge >= 0.3 is 0 Å². The van der Waals surface area contributed by atoms with Gasteiger partial charge in [-0.3, -0.25) is 19.3 Å². The number of hydrogen-bond donors (Lipinski definition) is 6. The molecule has 1 aliphatic heterocycles. The number of aromatic amines is 2. The lowest BCUT2D eigenvalue weighted by molar-refractivity contribution is 0.0426. The van der Waals surface area contributed by atoms with E-state index in [4.69, 9.17) is 16.7 Å². The largest absolute Gasteiger partial charge is 0.394 e. The van der Waals surface area contributed by atoms with Gasteiger partial charge in [0.2, 0.25) is 0 Å². The molecule has 190 valence electrons. The molecule has 1 unspecified atom stereocenters. The second-order valence-corrected chi connectivity index (χ2v) is 9.04. The standard InChI is InChI=1S/C25H22ClN5O6/c26-13-3-1-2-12(6-13)20(34)9-28-17-4-5-27-23(35)21(17)22-29-18-7-15-16(8-19(18)30-22)25(37)31(24(15)36)10-14(33)11-32/h1-8,14,20,32-34H,9-11H2,(H,29,30)(H2,27,28,35)/t14?,20-/m1/s1. The molecule has 0 saturated carbocycles. The number of aromatic nitrogens is 3. The Hall–Kier alpha value is -4.03. The highest BCUT2D eigenvalue weighted by Gasteiger charge is 2.37. The van der Waals surface area contributed by atoms with Crippen molar-refractivity contribution in [3.05, 3.63) is 80.7 Å². The van der Waals surface area contributed by atoms with Gasteiger partial charge in [0.05, 0.1) is 53.2 Å². The van der Waals surface area contributed by atoms with Crippen LogP contribution < -0.4 is 10.9 Å². The number of nitrogens with one attached hydrogen (secondary N) is 3. The van der Waals surface area contributed by atoms with E-state index < -0.39 is 36.2 Å². The predicted octanol–water partition coefficient (Wildman–Crippen LogP) is 1.67. The summed E-state index contributed by atoms with van der Waals surface area (Å²) in [5, 5.41) is 32.9. The number of carbonyl (C=O) groups is 2. The number of fused-ring (bicyclic) bond motifs is 2. The Bertz CT molecular complexity index is 1530. The van der Waals surface area contributed by atoms with Crippen LogP contribution in [-0.2, 0) is 0 Å². The number of benzene rings is 2. The lowest BCUT2D eigenvalue weighted by Crippen LogP contribution is -2.38. The van der Waals surface area contributed by atoms with E-state index in [1.165, 1.54) is 18.3 Å². The average molecular weight is 524 g/mol. The summed E-state index contributed by atoms with van der Waals surface area (Å²) >= 11 is 6.01. The van der Waals surface area contributed by atoms with Gasteiger partial charge in [-0.05, 0) is 35.9 Å². The third kappa shape index (κ3) is 4.60. The zero-order valence-electron chi connectivity index (χ0n) is 19.2. The molecule has 0 saturated heterocycles. The first-order chi connectivity index (χ1) is 17.8. The smallest absolute Gasteiger partial charge is 0.261 e. The van der Waals surface area contributed by atoms with Crippen LogP contribution in [0.5, 0.6) is 0 Å². The van der Waals surface area contributed by atoms with E-state index in [1.54, 1.807) is 30.3 Å². The number of nitrogens with zero attached hydrogens (tertiary/aromatic N) is 2. The number of imide groups is 1. The number of β-amino-alcohol motifs (C(OH)–C–C–N with tert-alkyl or cyclic N) is 1. The van der Waals surface area contributed by atoms with E-state index in [0.29, 0.717) is 27.3 Å². The summed E-state index contributed by atoms with van der Waals surface area (Å²) in [4.78, 5) is 49.3. The average Bonchev–Trinajstić information content (AvgIpc) is 3.39. The van der Waals surface area contributed by atoms with Crippen LogP contribution in [0.15, 0.2) is 53.5 Å². The van der Waals surface area contributed by atoms with E-state index in [-0.39, 0.29) is 35.6 Å². The number of rotatable bonds is 8. The third-order valence-corrected chi connectivity index (χ3v) is 6.33. The fraction of sp³-hybridized carbons (Fsp3) is 0.200. The molecule has 0 spiro atoms. The van der Waals surface area contributed by atoms with Crippen molar-refractivity contribution in [2.24, 2.45) is 0 Å². The lowest BCUT2D eigenvalue weighted by Gasteiger charge is -2.16.